The lowest BCUT2D eigenvalue weighted by Crippen LogP contribution is -2.21. The molecule has 2 aromatic carbocycles. The van der Waals surface area contributed by atoms with E-state index in [2.05, 4.69) is 22.0 Å². The summed E-state index contributed by atoms with van der Waals surface area (Å²) in [6.45, 7) is 2.06. The van der Waals surface area contributed by atoms with E-state index >= 15 is 0 Å². The summed E-state index contributed by atoms with van der Waals surface area (Å²) in [6.07, 6.45) is 3.16. The van der Waals surface area contributed by atoms with Crippen LogP contribution in [0, 0.1) is 5.82 Å². The Bertz CT molecular complexity index is 994. The fourth-order valence-electron chi connectivity index (χ4n) is 2.68. The van der Waals surface area contributed by atoms with Gasteiger partial charge in [-0.15, -0.1) is 0 Å². The molecule has 2 heterocycles. The first-order valence-electron chi connectivity index (χ1n) is 7.86. The summed E-state index contributed by atoms with van der Waals surface area (Å²) in [5.41, 5.74) is 3.11. The molecule has 2 aromatic heterocycles. The first-order valence-corrected chi connectivity index (χ1v) is 7.86. The Morgan fingerprint density at radius 2 is 1.96 bits per heavy atom. The molecule has 1 unspecified atom stereocenters. The summed E-state index contributed by atoms with van der Waals surface area (Å²) in [4.78, 5) is 10.2. The van der Waals surface area contributed by atoms with Crippen molar-refractivity contribution in [3.05, 3.63) is 66.5 Å². The highest BCUT2D eigenvalue weighted by Crippen LogP contribution is 2.28. The number of fused-ring (bicyclic) bond motifs is 1. The Balaban J connectivity index is 1.59. The van der Waals surface area contributed by atoms with Gasteiger partial charge in [0, 0.05) is 13.1 Å². The molecule has 0 aliphatic heterocycles. The SMILES string of the molecule is CC(c1ccc(-n2cncn2)cc1)N(C)c1nc2cc(F)ccc2o1. The fourth-order valence-corrected chi connectivity index (χ4v) is 2.68. The van der Waals surface area contributed by atoms with Crippen molar-refractivity contribution in [2.24, 2.45) is 0 Å². The lowest BCUT2D eigenvalue weighted by molar-refractivity contribution is 0.556. The predicted molar refractivity (Wildman–Crippen MR) is 92.1 cm³/mol. The number of hydrogen-bond donors (Lipinski definition) is 0. The molecular formula is C18H16FN5O. The maximum absolute atomic E-state index is 13.3. The van der Waals surface area contributed by atoms with Gasteiger partial charge in [0.2, 0.25) is 0 Å². The minimum absolute atomic E-state index is 0.0303. The van der Waals surface area contributed by atoms with Crippen LogP contribution in [-0.2, 0) is 0 Å². The van der Waals surface area contributed by atoms with Crippen LogP contribution in [0.1, 0.15) is 18.5 Å². The third kappa shape index (κ3) is 2.84. The summed E-state index contributed by atoms with van der Waals surface area (Å²) in [7, 11) is 1.90. The van der Waals surface area contributed by atoms with E-state index in [4.69, 9.17) is 4.42 Å². The van der Waals surface area contributed by atoms with E-state index in [1.807, 2.05) is 36.2 Å². The zero-order chi connectivity index (χ0) is 17.4. The molecule has 0 radical (unpaired) electrons. The normalized spacial score (nSPS) is 12.4. The molecule has 7 heteroatoms. The maximum atomic E-state index is 13.3. The van der Waals surface area contributed by atoms with Crippen LogP contribution < -0.4 is 4.90 Å². The summed E-state index contributed by atoms with van der Waals surface area (Å²) in [5.74, 6) is -0.327. The van der Waals surface area contributed by atoms with E-state index in [-0.39, 0.29) is 11.9 Å². The minimum atomic E-state index is -0.327. The van der Waals surface area contributed by atoms with E-state index in [1.54, 1.807) is 17.1 Å². The van der Waals surface area contributed by atoms with Gasteiger partial charge >= 0.3 is 0 Å². The molecule has 4 aromatic rings. The largest absolute Gasteiger partial charge is 0.423 e. The van der Waals surface area contributed by atoms with Gasteiger partial charge in [-0.05, 0) is 36.8 Å². The fraction of sp³-hybridized carbons (Fsp3) is 0.167. The molecule has 0 aliphatic rings. The molecule has 0 spiro atoms. The molecule has 0 saturated heterocycles. The minimum Gasteiger partial charge on any atom is -0.423 e. The van der Waals surface area contributed by atoms with E-state index in [0.717, 1.165) is 11.3 Å². The van der Waals surface area contributed by atoms with E-state index in [1.165, 1.54) is 18.5 Å². The van der Waals surface area contributed by atoms with Crippen LogP contribution in [0.25, 0.3) is 16.8 Å². The van der Waals surface area contributed by atoms with Crippen molar-refractivity contribution in [2.45, 2.75) is 13.0 Å². The standard InChI is InChI=1S/C18H16FN5O/c1-12(13-3-6-15(7-4-13)24-11-20-10-21-24)23(2)18-22-16-9-14(19)5-8-17(16)25-18/h3-12H,1-2H3. The topological polar surface area (TPSA) is 60.0 Å². The smallest absolute Gasteiger partial charge is 0.298 e. The third-order valence-electron chi connectivity index (χ3n) is 4.28. The van der Waals surface area contributed by atoms with Crippen LogP contribution in [0.5, 0.6) is 0 Å². The number of aromatic nitrogens is 4. The van der Waals surface area contributed by atoms with Gasteiger partial charge in [-0.3, -0.25) is 0 Å². The summed E-state index contributed by atoms with van der Waals surface area (Å²) < 4.78 is 20.8. The van der Waals surface area contributed by atoms with Crippen molar-refractivity contribution in [2.75, 3.05) is 11.9 Å². The van der Waals surface area contributed by atoms with E-state index < -0.39 is 0 Å². The molecule has 1 atom stereocenters. The number of anilines is 1. The van der Waals surface area contributed by atoms with Crippen molar-refractivity contribution in [1.82, 2.24) is 19.7 Å². The monoisotopic (exact) mass is 337 g/mol. The molecule has 0 amide bonds. The Hall–Kier alpha value is -3.22. The zero-order valence-corrected chi connectivity index (χ0v) is 13.8. The van der Waals surface area contributed by atoms with Crippen molar-refractivity contribution < 1.29 is 8.81 Å². The maximum Gasteiger partial charge on any atom is 0.298 e. The average Bonchev–Trinajstić information content (AvgIpc) is 3.30. The predicted octanol–water partition coefficient (Wildman–Crippen LogP) is 3.75. The lowest BCUT2D eigenvalue weighted by atomic mass is 10.1. The average molecular weight is 337 g/mol. The molecule has 0 bridgehead atoms. The zero-order valence-electron chi connectivity index (χ0n) is 13.8. The van der Waals surface area contributed by atoms with E-state index in [0.29, 0.717) is 17.1 Å². The lowest BCUT2D eigenvalue weighted by Gasteiger charge is -2.23. The highest BCUT2D eigenvalue weighted by molar-refractivity contribution is 5.74. The number of oxazole rings is 1. The Kier molecular flexibility index (Phi) is 3.68. The molecule has 126 valence electrons. The molecule has 25 heavy (non-hydrogen) atoms. The van der Waals surface area contributed by atoms with Crippen molar-refractivity contribution in [3.8, 4) is 5.69 Å². The van der Waals surface area contributed by atoms with Crippen molar-refractivity contribution >= 4 is 17.1 Å². The van der Waals surface area contributed by atoms with Gasteiger partial charge in [0.15, 0.2) is 5.58 Å². The first kappa shape index (κ1) is 15.3. The second kappa shape index (κ2) is 6.01. The van der Waals surface area contributed by atoms with Crippen LogP contribution in [0.2, 0.25) is 0 Å². The molecule has 6 nitrogen and oxygen atoms in total. The van der Waals surface area contributed by atoms with Gasteiger partial charge in [0.1, 0.15) is 24.0 Å². The van der Waals surface area contributed by atoms with Crippen molar-refractivity contribution in [3.63, 3.8) is 0 Å². The summed E-state index contributed by atoms with van der Waals surface area (Å²) in [6, 6.07) is 12.8. The van der Waals surface area contributed by atoms with Crippen LogP contribution >= 0.6 is 0 Å². The van der Waals surface area contributed by atoms with Gasteiger partial charge in [-0.25, -0.2) is 14.1 Å². The van der Waals surface area contributed by atoms with Gasteiger partial charge in [0.25, 0.3) is 6.01 Å². The third-order valence-corrected chi connectivity index (χ3v) is 4.28. The van der Waals surface area contributed by atoms with Crippen LogP contribution in [0.4, 0.5) is 10.4 Å². The Morgan fingerprint density at radius 1 is 1.16 bits per heavy atom. The quantitative estimate of drug-likeness (QED) is 0.568. The second-order valence-corrected chi connectivity index (χ2v) is 5.83. The molecule has 0 aliphatic carbocycles. The highest BCUT2D eigenvalue weighted by atomic mass is 19.1. The van der Waals surface area contributed by atoms with Gasteiger partial charge in [-0.2, -0.15) is 10.1 Å². The van der Waals surface area contributed by atoms with Crippen LogP contribution in [-0.4, -0.2) is 26.8 Å². The highest BCUT2D eigenvalue weighted by Gasteiger charge is 2.18. The summed E-state index contributed by atoms with van der Waals surface area (Å²) >= 11 is 0. The first-order chi connectivity index (χ1) is 12.1. The number of halogens is 1. The molecule has 0 N–H and O–H groups in total. The van der Waals surface area contributed by atoms with Gasteiger partial charge < -0.3 is 9.32 Å². The molecular weight excluding hydrogens is 321 g/mol. The van der Waals surface area contributed by atoms with Crippen LogP contribution in [0.15, 0.2) is 59.5 Å². The van der Waals surface area contributed by atoms with E-state index in [9.17, 15) is 4.39 Å². The Labute approximate surface area is 143 Å². The Morgan fingerprint density at radius 3 is 2.68 bits per heavy atom. The molecule has 4 rings (SSSR count). The summed E-state index contributed by atoms with van der Waals surface area (Å²) in [5, 5.41) is 4.11. The second-order valence-electron chi connectivity index (χ2n) is 5.83. The van der Waals surface area contributed by atoms with Crippen LogP contribution in [0.3, 0.4) is 0 Å². The van der Waals surface area contributed by atoms with Crippen molar-refractivity contribution in [1.29, 1.82) is 0 Å². The molecule has 0 saturated carbocycles. The molecule has 0 fully saturated rings. The number of nitrogens with zero attached hydrogens (tertiary/aromatic N) is 5. The van der Waals surface area contributed by atoms with Gasteiger partial charge in [-0.1, -0.05) is 12.1 Å². The number of hydrogen-bond acceptors (Lipinski definition) is 5. The number of rotatable bonds is 4. The van der Waals surface area contributed by atoms with Gasteiger partial charge in [0.05, 0.1) is 11.7 Å². The number of benzene rings is 2.